The van der Waals surface area contributed by atoms with Crippen molar-refractivity contribution >= 4 is 13.3 Å². The standard InChI is InChI=1S/C14H19F3O3Si/c1-21(2,3)13-9(16)6-8(14-19-4-5-20-14)11(12(13)17)10(18)7-15/h6,10,14,18H,4-5,7H2,1-3H3. The van der Waals surface area contributed by atoms with Crippen LogP contribution in [0, 0.1) is 11.6 Å². The summed E-state index contributed by atoms with van der Waals surface area (Å²) >= 11 is 0. The summed E-state index contributed by atoms with van der Waals surface area (Å²) in [6, 6.07) is 1.10. The van der Waals surface area contributed by atoms with Gasteiger partial charge in [-0.05, 0) is 6.07 Å². The number of benzene rings is 1. The second-order valence-electron chi connectivity index (χ2n) is 6.04. The molecular weight excluding hydrogens is 301 g/mol. The van der Waals surface area contributed by atoms with Crippen molar-refractivity contribution in [1.29, 1.82) is 0 Å². The quantitative estimate of drug-likeness (QED) is 0.867. The topological polar surface area (TPSA) is 38.7 Å². The summed E-state index contributed by atoms with van der Waals surface area (Å²) in [4.78, 5) is 0. The van der Waals surface area contributed by atoms with Gasteiger partial charge in [-0.1, -0.05) is 19.6 Å². The van der Waals surface area contributed by atoms with Gasteiger partial charge in [0.05, 0.1) is 21.3 Å². The Morgan fingerprint density at radius 2 is 1.86 bits per heavy atom. The lowest BCUT2D eigenvalue weighted by Crippen LogP contribution is -2.43. The van der Waals surface area contributed by atoms with E-state index in [0.717, 1.165) is 6.07 Å². The first kappa shape index (κ1) is 16.5. The number of rotatable bonds is 4. The molecule has 1 unspecified atom stereocenters. The van der Waals surface area contributed by atoms with Crippen LogP contribution in [0.4, 0.5) is 13.2 Å². The lowest BCUT2D eigenvalue weighted by molar-refractivity contribution is -0.0467. The highest BCUT2D eigenvalue weighted by atomic mass is 28.3. The molecule has 0 bridgehead atoms. The number of ether oxygens (including phenoxy) is 2. The Bertz CT molecular complexity index is 525. The average molecular weight is 320 g/mol. The summed E-state index contributed by atoms with van der Waals surface area (Å²) in [6.07, 6.45) is -2.63. The summed E-state index contributed by atoms with van der Waals surface area (Å²) in [5.74, 6) is -1.58. The number of aliphatic hydroxyl groups excluding tert-OH is 1. The van der Waals surface area contributed by atoms with Crippen molar-refractivity contribution in [3.8, 4) is 0 Å². The van der Waals surface area contributed by atoms with Gasteiger partial charge in [0.1, 0.15) is 24.4 Å². The number of hydrogen-bond donors (Lipinski definition) is 1. The molecule has 1 N–H and O–H groups in total. The lowest BCUT2D eigenvalue weighted by atomic mass is 10.0. The minimum atomic E-state index is -2.34. The van der Waals surface area contributed by atoms with Crippen LogP contribution < -0.4 is 5.19 Å². The fraction of sp³-hybridized carbons (Fsp3) is 0.571. The first-order valence-electron chi connectivity index (χ1n) is 6.77. The number of hydrogen-bond acceptors (Lipinski definition) is 3. The maximum absolute atomic E-state index is 14.7. The Morgan fingerprint density at radius 1 is 1.29 bits per heavy atom. The van der Waals surface area contributed by atoms with Crippen LogP contribution >= 0.6 is 0 Å². The Labute approximate surface area is 122 Å². The SMILES string of the molecule is C[Si](C)(C)c1c(F)cc(C2OCCO2)c(C(O)CF)c1F. The maximum atomic E-state index is 14.7. The van der Waals surface area contributed by atoms with Gasteiger partial charge in [0.2, 0.25) is 0 Å². The van der Waals surface area contributed by atoms with Crippen LogP contribution in [-0.4, -0.2) is 33.1 Å². The normalized spacial score (nSPS) is 18.2. The first-order chi connectivity index (χ1) is 9.77. The monoisotopic (exact) mass is 320 g/mol. The Balaban J connectivity index is 2.65. The Morgan fingerprint density at radius 3 is 2.33 bits per heavy atom. The lowest BCUT2D eigenvalue weighted by Gasteiger charge is -2.25. The molecule has 1 aliphatic heterocycles. The summed E-state index contributed by atoms with van der Waals surface area (Å²) in [5.41, 5.74) is -0.238. The molecule has 1 atom stereocenters. The maximum Gasteiger partial charge on any atom is 0.184 e. The van der Waals surface area contributed by atoms with E-state index in [1.165, 1.54) is 0 Å². The van der Waals surface area contributed by atoms with Gasteiger partial charge >= 0.3 is 0 Å². The summed E-state index contributed by atoms with van der Waals surface area (Å²) in [5, 5.41) is 9.75. The van der Waals surface area contributed by atoms with Crippen molar-refractivity contribution in [3.63, 3.8) is 0 Å². The minimum Gasteiger partial charge on any atom is -0.386 e. The van der Waals surface area contributed by atoms with E-state index >= 15 is 0 Å². The van der Waals surface area contributed by atoms with E-state index < -0.39 is 38.8 Å². The molecule has 1 aliphatic rings. The van der Waals surface area contributed by atoms with Crippen LogP contribution in [0.3, 0.4) is 0 Å². The fourth-order valence-corrected chi connectivity index (χ4v) is 4.07. The molecule has 0 spiro atoms. The molecule has 0 aromatic heterocycles. The Kier molecular flexibility index (Phi) is 4.77. The minimum absolute atomic E-state index is 0.0228. The Hall–Kier alpha value is -0.893. The predicted octanol–water partition coefficient (Wildman–Crippen LogP) is 2.56. The molecule has 0 amide bonds. The van der Waals surface area contributed by atoms with E-state index in [4.69, 9.17) is 9.47 Å². The molecular formula is C14H19F3O3Si. The molecule has 1 aromatic carbocycles. The van der Waals surface area contributed by atoms with Gasteiger partial charge in [-0.2, -0.15) is 0 Å². The van der Waals surface area contributed by atoms with E-state index in [0.29, 0.717) is 0 Å². The van der Waals surface area contributed by atoms with E-state index in [1.54, 1.807) is 19.6 Å². The molecule has 1 heterocycles. The number of aliphatic hydroxyl groups is 1. The van der Waals surface area contributed by atoms with Crippen molar-refractivity contribution in [2.45, 2.75) is 32.0 Å². The highest BCUT2D eigenvalue weighted by Gasteiger charge is 2.34. The van der Waals surface area contributed by atoms with E-state index in [1.807, 2.05) is 0 Å². The van der Waals surface area contributed by atoms with Gasteiger partial charge in [0.25, 0.3) is 0 Å². The zero-order valence-corrected chi connectivity index (χ0v) is 13.3. The molecule has 2 rings (SSSR count). The van der Waals surface area contributed by atoms with Crippen molar-refractivity contribution in [2.24, 2.45) is 0 Å². The van der Waals surface area contributed by atoms with Crippen LogP contribution in [0.25, 0.3) is 0 Å². The van der Waals surface area contributed by atoms with E-state index in [-0.39, 0.29) is 29.5 Å². The molecule has 21 heavy (non-hydrogen) atoms. The molecule has 0 aliphatic carbocycles. The van der Waals surface area contributed by atoms with E-state index in [9.17, 15) is 18.3 Å². The molecule has 1 saturated heterocycles. The van der Waals surface area contributed by atoms with Gasteiger partial charge in [-0.25, -0.2) is 13.2 Å². The molecule has 7 heteroatoms. The van der Waals surface area contributed by atoms with Crippen molar-refractivity contribution < 1.29 is 27.8 Å². The second kappa shape index (κ2) is 6.08. The zero-order valence-electron chi connectivity index (χ0n) is 12.3. The fourth-order valence-electron chi connectivity index (χ4n) is 2.49. The smallest absolute Gasteiger partial charge is 0.184 e. The summed E-state index contributed by atoms with van der Waals surface area (Å²) < 4.78 is 52.4. The van der Waals surface area contributed by atoms with Gasteiger partial charge in [0.15, 0.2) is 6.29 Å². The third-order valence-corrected chi connectivity index (χ3v) is 5.35. The van der Waals surface area contributed by atoms with Crippen LogP contribution in [0.2, 0.25) is 19.6 Å². The van der Waals surface area contributed by atoms with Gasteiger partial charge < -0.3 is 14.6 Å². The highest BCUT2D eigenvalue weighted by Crippen LogP contribution is 2.33. The first-order valence-corrected chi connectivity index (χ1v) is 10.3. The summed E-state index contributed by atoms with van der Waals surface area (Å²) in [7, 11) is -2.34. The van der Waals surface area contributed by atoms with Crippen LogP contribution in [-0.2, 0) is 9.47 Å². The van der Waals surface area contributed by atoms with E-state index in [2.05, 4.69) is 0 Å². The van der Waals surface area contributed by atoms with Crippen molar-refractivity contribution in [2.75, 3.05) is 19.9 Å². The number of alkyl halides is 1. The summed E-state index contributed by atoms with van der Waals surface area (Å²) in [6.45, 7) is 4.75. The van der Waals surface area contributed by atoms with Gasteiger partial charge in [0, 0.05) is 16.3 Å². The molecule has 0 saturated carbocycles. The van der Waals surface area contributed by atoms with Crippen molar-refractivity contribution in [3.05, 3.63) is 28.8 Å². The zero-order chi connectivity index (χ0) is 15.8. The third kappa shape index (κ3) is 3.15. The molecule has 3 nitrogen and oxygen atoms in total. The number of halogens is 3. The largest absolute Gasteiger partial charge is 0.386 e. The van der Waals surface area contributed by atoms with Gasteiger partial charge in [-0.3, -0.25) is 0 Å². The van der Waals surface area contributed by atoms with Gasteiger partial charge in [-0.15, -0.1) is 0 Å². The predicted molar refractivity (Wildman–Crippen MR) is 74.9 cm³/mol. The second-order valence-corrected chi connectivity index (χ2v) is 11.0. The van der Waals surface area contributed by atoms with Crippen LogP contribution in [0.1, 0.15) is 23.5 Å². The van der Waals surface area contributed by atoms with Crippen molar-refractivity contribution in [1.82, 2.24) is 0 Å². The molecule has 1 aromatic rings. The van der Waals surface area contributed by atoms with Crippen LogP contribution in [0.5, 0.6) is 0 Å². The highest BCUT2D eigenvalue weighted by molar-refractivity contribution is 6.88. The van der Waals surface area contributed by atoms with Crippen LogP contribution in [0.15, 0.2) is 6.07 Å². The third-order valence-electron chi connectivity index (χ3n) is 3.39. The average Bonchev–Trinajstić information content (AvgIpc) is 2.89. The molecule has 0 radical (unpaired) electrons. The molecule has 1 fully saturated rings. The molecule has 118 valence electrons.